The van der Waals surface area contributed by atoms with Crippen molar-refractivity contribution in [2.75, 3.05) is 0 Å². The molecular weight excluding hydrogens is 356 g/mol. The van der Waals surface area contributed by atoms with Crippen molar-refractivity contribution in [3.05, 3.63) is 22.6 Å². The van der Waals surface area contributed by atoms with Crippen molar-refractivity contribution in [1.82, 2.24) is 10.9 Å². The average Bonchev–Trinajstić information content (AvgIpc) is 3.18. The van der Waals surface area contributed by atoms with Crippen molar-refractivity contribution in [1.29, 1.82) is 0 Å². The van der Waals surface area contributed by atoms with Gasteiger partial charge in [-0.1, -0.05) is 0 Å². The summed E-state index contributed by atoms with van der Waals surface area (Å²) in [6.07, 6.45) is 2.39. The van der Waals surface area contributed by atoms with E-state index in [1.807, 2.05) is 0 Å². The lowest BCUT2D eigenvalue weighted by Crippen LogP contribution is -2.50. The van der Waals surface area contributed by atoms with E-state index >= 15 is 0 Å². The smallest absolute Gasteiger partial charge is 0.305 e. The van der Waals surface area contributed by atoms with Crippen molar-refractivity contribution >= 4 is 33.7 Å². The molecule has 0 unspecified atom stereocenters. The van der Waals surface area contributed by atoms with Crippen molar-refractivity contribution in [2.45, 2.75) is 19.3 Å². The molecule has 1 aromatic rings. The molecule has 0 radical (unpaired) electrons. The minimum atomic E-state index is -1.19. The number of rotatable bonds is 3. The molecule has 0 spiro atoms. The Morgan fingerprint density at radius 1 is 1.14 bits per heavy atom. The van der Waals surface area contributed by atoms with Crippen LogP contribution in [0.2, 0.25) is 0 Å². The van der Waals surface area contributed by atoms with Crippen LogP contribution < -0.4 is 16.0 Å². The summed E-state index contributed by atoms with van der Waals surface area (Å²) in [7, 11) is 0. The summed E-state index contributed by atoms with van der Waals surface area (Å²) >= 11 is 3.07. The highest BCUT2D eigenvalue weighted by Gasteiger charge is 2.51. The summed E-state index contributed by atoms with van der Waals surface area (Å²) in [5.41, 5.74) is 4.54. The quantitative estimate of drug-likeness (QED) is 0.740. The number of fused-ring (bicyclic) bond motifs is 2. The normalized spacial score (nSPS) is 29.3. The van der Waals surface area contributed by atoms with E-state index in [2.05, 4.69) is 26.8 Å². The fraction of sp³-hybridized carbons (Fsp3) is 0.500. The number of carbonyl (C=O) groups excluding carboxylic acids is 3. The summed E-state index contributed by atoms with van der Waals surface area (Å²) in [6.45, 7) is 0. The Morgan fingerprint density at radius 2 is 1.82 bits per heavy atom. The van der Waals surface area contributed by atoms with Crippen molar-refractivity contribution in [2.24, 2.45) is 23.7 Å². The minimum absolute atomic E-state index is 0.00230. The Hall–Kier alpha value is -1.83. The molecule has 8 heteroatoms. The van der Waals surface area contributed by atoms with Gasteiger partial charge in [-0.15, -0.1) is 0 Å². The number of carboxylic acid groups (broad SMARTS) is 1. The number of amides is 2. The highest BCUT2D eigenvalue weighted by Crippen LogP contribution is 2.52. The first kappa shape index (κ1) is 15.1. The number of hydrogen-bond donors (Lipinski definition) is 2. The third-order valence-corrected chi connectivity index (χ3v) is 5.01. The Kier molecular flexibility index (Phi) is 3.94. The number of hydrazine groups is 1. The summed E-state index contributed by atoms with van der Waals surface area (Å²) in [5.74, 6) is -3.61. The van der Waals surface area contributed by atoms with Gasteiger partial charge in [-0.2, -0.15) is 0 Å². The Balaban J connectivity index is 1.62. The van der Waals surface area contributed by atoms with Crippen LogP contribution in [0.5, 0.6) is 0 Å². The van der Waals surface area contributed by atoms with Gasteiger partial charge in [0, 0.05) is 11.9 Å². The monoisotopic (exact) mass is 369 g/mol. The van der Waals surface area contributed by atoms with Crippen LogP contribution >= 0.6 is 15.9 Å². The van der Waals surface area contributed by atoms with Crippen LogP contribution in [-0.2, 0) is 9.59 Å². The molecule has 22 heavy (non-hydrogen) atoms. The Labute approximate surface area is 134 Å². The molecule has 1 aromatic heterocycles. The van der Waals surface area contributed by atoms with Crippen molar-refractivity contribution in [3.63, 3.8) is 0 Å². The molecule has 2 bridgehead atoms. The van der Waals surface area contributed by atoms with Gasteiger partial charge in [0.05, 0.1) is 5.92 Å². The van der Waals surface area contributed by atoms with E-state index in [1.165, 1.54) is 6.07 Å². The molecule has 3 rings (SSSR count). The first-order valence-corrected chi connectivity index (χ1v) is 7.83. The molecule has 0 saturated heterocycles. The minimum Gasteiger partial charge on any atom is -0.550 e. The Bertz CT molecular complexity index is 629. The van der Waals surface area contributed by atoms with Crippen molar-refractivity contribution < 1.29 is 23.9 Å². The second-order valence-electron chi connectivity index (χ2n) is 5.75. The zero-order chi connectivity index (χ0) is 15.9. The molecule has 7 nitrogen and oxygen atoms in total. The predicted octanol–water partition coefficient (Wildman–Crippen LogP) is 0.215. The fourth-order valence-corrected chi connectivity index (χ4v) is 4.01. The molecule has 0 aliphatic heterocycles. The molecule has 2 saturated carbocycles. The number of nitrogens with one attached hydrogen (secondary N) is 2. The van der Waals surface area contributed by atoms with E-state index in [1.54, 1.807) is 6.07 Å². The summed E-state index contributed by atoms with van der Waals surface area (Å²) in [6, 6.07) is 3.01. The van der Waals surface area contributed by atoms with Crippen LogP contribution in [0.3, 0.4) is 0 Å². The molecule has 1 heterocycles. The summed E-state index contributed by atoms with van der Waals surface area (Å²) in [5, 5.41) is 11.3. The second kappa shape index (κ2) is 5.75. The third kappa shape index (κ3) is 2.63. The first-order chi connectivity index (χ1) is 10.5. The lowest BCUT2D eigenvalue weighted by molar-refractivity contribution is -0.314. The maximum absolute atomic E-state index is 12.2. The zero-order valence-corrected chi connectivity index (χ0v) is 13.1. The molecule has 2 aliphatic rings. The largest absolute Gasteiger partial charge is 0.550 e. The first-order valence-electron chi connectivity index (χ1n) is 7.03. The zero-order valence-electron chi connectivity index (χ0n) is 11.5. The SMILES string of the molecule is O=C(NNC(=O)[C@@H]1[C@H]2CC[C@@H](C2)[C@@H]1C(=O)[O-])c1ccc(Br)o1. The molecule has 4 atom stereocenters. The summed E-state index contributed by atoms with van der Waals surface area (Å²) < 4.78 is 5.46. The van der Waals surface area contributed by atoms with Gasteiger partial charge < -0.3 is 14.3 Å². The molecule has 2 N–H and O–H groups in total. The maximum Gasteiger partial charge on any atom is 0.305 e. The van der Waals surface area contributed by atoms with E-state index < -0.39 is 29.6 Å². The number of carboxylic acids is 1. The molecule has 2 amide bonds. The number of furan rings is 1. The second-order valence-corrected chi connectivity index (χ2v) is 6.53. The van der Waals surface area contributed by atoms with Gasteiger partial charge in [-0.05, 0) is 59.2 Å². The van der Waals surface area contributed by atoms with Crippen LogP contribution in [0, 0.1) is 23.7 Å². The van der Waals surface area contributed by atoms with E-state index in [9.17, 15) is 19.5 Å². The highest BCUT2D eigenvalue weighted by molar-refractivity contribution is 9.10. The van der Waals surface area contributed by atoms with Crippen LogP contribution in [0.15, 0.2) is 21.2 Å². The average molecular weight is 370 g/mol. The lowest BCUT2D eigenvalue weighted by atomic mass is 9.79. The van der Waals surface area contributed by atoms with Gasteiger partial charge in [0.2, 0.25) is 5.91 Å². The van der Waals surface area contributed by atoms with E-state index in [0.717, 1.165) is 19.3 Å². The van der Waals surface area contributed by atoms with Gasteiger partial charge >= 0.3 is 5.91 Å². The molecule has 2 aliphatic carbocycles. The molecule has 2 fully saturated rings. The lowest BCUT2D eigenvalue weighted by Gasteiger charge is -2.30. The number of carbonyl (C=O) groups is 3. The van der Waals surface area contributed by atoms with Crippen molar-refractivity contribution in [3.8, 4) is 0 Å². The third-order valence-electron chi connectivity index (χ3n) is 4.59. The number of hydrogen-bond acceptors (Lipinski definition) is 5. The van der Waals surface area contributed by atoms with Crippen LogP contribution in [0.4, 0.5) is 0 Å². The van der Waals surface area contributed by atoms with Gasteiger partial charge in [0.15, 0.2) is 10.4 Å². The maximum atomic E-state index is 12.2. The van der Waals surface area contributed by atoms with Gasteiger partial charge in [-0.3, -0.25) is 20.4 Å². The Morgan fingerprint density at radius 3 is 2.41 bits per heavy atom. The van der Waals surface area contributed by atoms with Crippen LogP contribution in [0.25, 0.3) is 0 Å². The van der Waals surface area contributed by atoms with Crippen LogP contribution in [0.1, 0.15) is 29.8 Å². The fourth-order valence-electron chi connectivity index (χ4n) is 3.71. The van der Waals surface area contributed by atoms with E-state index in [0.29, 0.717) is 4.67 Å². The van der Waals surface area contributed by atoms with Gasteiger partial charge in [-0.25, -0.2) is 0 Å². The summed E-state index contributed by atoms with van der Waals surface area (Å²) in [4.78, 5) is 35.3. The standard InChI is InChI=1S/C14H15BrN2O5/c15-9-4-3-8(22-9)12(18)16-17-13(19)10-6-1-2-7(5-6)11(10)14(20)21/h3-4,6-7,10-11H,1-2,5H2,(H,16,18)(H,17,19)(H,20,21)/p-1/t6-,7-,10+,11-/m0/s1. The molecule has 118 valence electrons. The molecular formula is C14H14BrN2O5-. The van der Waals surface area contributed by atoms with Crippen LogP contribution in [-0.4, -0.2) is 17.8 Å². The number of aliphatic carboxylic acids is 1. The number of halogens is 1. The van der Waals surface area contributed by atoms with E-state index in [-0.39, 0.29) is 17.6 Å². The predicted molar refractivity (Wildman–Crippen MR) is 74.8 cm³/mol. The van der Waals surface area contributed by atoms with Gasteiger partial charge in [0.1, 0.15) is 0 Å². The molecule has 0 aromatic carbocycles. The highest BCUT2D eigenvalue weighted by atomic mass is 79.9. The van der Waals surface area contributed by atoms with E-state index in [4.69, 9.17) is 4.42 Å². The van der Waals surface area contributed by atoms with Gasteiger partial charge in [0.25, 0.3) is 0 Å². The topological polar surface area (TPSA) is 111 Å².